The van der Waals surface area contributed by atoms with E-state index in [2.05, 4.69) is 21.4 Å². The fraction of sp³-hybridized carbons (Fsp3) is 0.304. The molecule has 0 unspecified atom stereocenters. The summed E-state index contributed by atoms with van der Waals surface area (Å²) >= 11 is 0. The minimum atomic E-state index is 0.681. The van der Waals surface area contributed by atoms with Crippen LogP contribution in [0.4, 0.5) is 11.5 Å². The number of allylic oxidation sites excluding steroid dienone is 1. The van der Waals surface area contributed by atoms with E-state index >= 15 is 0 Å². The second-order valence-electron chi connectivity index (χ2n) is 6.54. The molecule has 0 bridgehead atoms. The predicted molar refractivity (Wildman–Crippen MR) is 114 cm³/mol. The first-order valence-corrected chi connectivity index (χ1v) is 9.66. The van der Waals surface area contributed by atoms with Gasteiger partial charge < -0.3 is 14.4 Å². The van der Waals surface area contributed by atoms with Gasteiger partial charge in [0.1, 0.15) is 17.9 Å². The fourth-order valence-electron chi connectivity index (χ4n) is 3.04. The molecule has 3 aromatic rings. The summed E-state index contributed by atoms with van der Waals surface area (Å²) in [6, 6.07) is 16.1. The molecular weight excluding hydrogens is 350 g/mol. The molecule has 0 aliphatic heterocycles. The summed E-state index contributed by atoms with van der Waals surface area (Å²) in [5, 5.41) is 1.03. The monoisotopic (exact) mass is 377 g/mol. The molecule has 0 spiro atoms. The van der Waals surface area contributed by atoms with Gasteiger partial charge in [0.2, 0.25) is 0 Å². The minimum Gasteiger partial charge on any atom is -0.499 e. The second kappa shape index (κ2) is 9.74. The lowest BCUT2D eigenvalue weighted by Crippen LogP contribution is -2.12. The zero-order valence-corrected chi connectivity index (χ0v) is 16.6. The number of nitrogens with zero attached hydrogens (tertiary/aromatic N) is 3. The molecule has 0 aliphatic rings. The molecule has 3 rings (SSSR count). The van der Waals surface area contributed by atoms with Crippen LogP contribution in [0.1, 0.15) is 26.2 Å². The highest BCUT2D eigenvalue weighted by atomic mass is 16.5. The molecule has 1 aromatic heterocycles. The maximum Gasteiger partial charge on any atom is 0.144 e. The number of aromatic nitrogens is 2. The van der Waals surface area contributed by atoms with Crippen LogP contribution in [0, 0.1) is 0 Å². The maximum absolute atomic E-state index is 5.84. The highest BCUT2D eigenvalue weighted by molar-refractivity contribution is 5.91. The molecular formula is C23H27N3O2. The first-order chi connectivity index (χ1) is 13.7. The largest absolute Gasteiger partial charge is 0.499 e. The summed E-state index contributed by atoms with van der Waals surface area (Å²) in [6.07, 6.45) is 4.47. The van der Waals surface area contributed by atoms with Crippen LogP contribution in [0.2, 0.25) is 0 Å². The van der Waals surface area contributed by atoms with Crippen molar-refractivity contribution in [2.24, 2.45) is 0 Å². The van der Waals surface area contributed by atoms with E-state index in [0.717, 1.165) is 53.2 Å². The quantitative estimate of drug-likeness (QED) is 0.345. The van der Waals surface area contributed by atoms with E-state index in [1.54, 1.807) is 6.33 Å². The maximum atomic E-state index is 5.84. The number of para-hydroxylation sites is 1. The Balaban J connectivity index is 1.56. The van der Waals surface area contributed by atoms with Crippen molar-refractivity contribution in [1.82, 2.24) is 9.97 Å². The van der Waals surface area contributed by atoms with Crippen molar-refractivity contribution in [3.8, 4) is 5.75 Å². The van der Waals surface area contributed by atoms with Gasteiger partial charge in [0.25, 0.3) is 0 Å². The lowest BCUT2D eigenvalue weighted by Gasteiger charge is -2.20. The fourth-order valence-corrected chi connectivity index (χ4v) is 3.04. The van der Waals surface area contributed by atoms with Gasteiger partial charge in [-0.3, -0.25) is 0 Å². The van der Waals surface area contributed by atoms with Crippen LogP contribution in [-0.2, 0) is 4.74 Å². The van der Waals surface area contributed by atoms with Crippen LogP contribution in [0.3, 0.4) is 0 Å². The minimum absolute atomic E-state index is 0.681. The second-order valence-corrected chi connectivity index (χ2v) is 6.54. The molecule has 0 amide bonds. The first kappa shape index (κ1) is 19.7. The van der Waals surface area contributed by atoms with Gasteiger partial charge in [0.15, 0.2) is 0 Å². The van der Waals surface area contributed by atoms with E-state index in [9.17, 15) is 0 Å². The third-order valence-electron chi connectivity index (χ3n) is 4.53. The number of hydrogen-bond acceptors (Lipinski definition) is 5. The van der Waals surface area contributed by atoms with Crippen molar-refractivity contribution >= 4 is 22.4 Å². The van der Waals surface area contributed by atoms with E-state index < -0.39 is 0 Å². The third-order valence-corrected chi connectivity index (χ3v) is 4.53. The van der Waals surface area contributed by atoms with Gasteiger partial charge in [-0.25, -0.2) is 9.97 Å². The molecule has 0 fully saturated rings. The van der Waals surface area contributed by atoms with E-state index in [1.807, 2.05) is 62.5 Å². The number of ether oxygens (including phenoxy) is 2. The Labute approximate surface area is 166 Å². The summed E-state index contributed by atoms with van der Waals surface area (Å²) in [6.45, 7) is 7.24. The number of fused-ring (bicyclic) bond motifs is 1. The molecule has 28 heavy (non-hydrogen) atoms. The number of anilines is 2. The van der Waals surface area contributed by atoms with Gasteiger partial charge in [-0.2, -0.15) is 0 Å². The van der Waals surface area contributed by atoms with Crippen molar-refractivity contribution in [3.63, 3.8) is 0 Å². The molecule has 5 nitrogen and oxygen atoms in total. The lowest BCUT2D eigenvalue weighted by molar-refractivity contribution is 0.215. The average molecular weight is 377 g/mol. The summed E-state index contributed by atoms with van der Waals surface area (Å²) in [7, 11) is 2.01. The predicted octanol–water partition coefficient (Wildman–Crippen LogP) is 5.50. The standard InChI is InChI=1S/C23H27N3O2/c1-4-27-18(2)9-7-8-16-28-20-14-12-19(13-15-20)26(3)23-21-10-5-6-11-22(21)24-17-25-23/h5-6,10-15,17H,2,4,7-9,16H2,1,3H3. The van der Waals surface area contributed by atoms with E-state index in [1.165, 1.54) is 0 Å². The highest BCUT2D eigenvalue weighted by Gasteiger charge is 2.10. The molecule has 5 heteroatoms. The van der Waals surface area contributed by atoms with Crippen LogP contribution in [0.25, 0.3) is 10.9 Å². The van der Waals surface area contributed by atoms with Crippen molar-refractivity contribution in [2.75, 3.05) is 25.2 Å². The van der Waals surface area contributed by atoms with Gasteiger partial charge in [0.05, 0.1) is 24.5 Å². The van der Waals surface area contributed by atoms with Crippen molar-refractivity contribution in [2.45, 2.75) is 26.2 Å². The smallest absolute Gasteiger partial charge is 0.144 e. The average Bonchev–Trinajstić information content (AvgIpc) is 2.73. The van der Waals surface area contributed by atoms with Gasteiger partial charge in [-0.05, 0) is 56.2 Å². The van der Waals surface area contributed by atoms with Crippen LogP contribution in [0.5, 0.6) is 5.75 Å². The zero-order chi connectivity index (χ0) is 19.8. The van der Waals surface area contributed by atoms with E-state index in [-0.39, 0.29) is 0 Å². The Bertz CT molecular complexity index is 904. The zero-order valence-electron chi connectivity index (χ0n) is 16.6. The Morgan fingerprint density at radius 3 is 2.61 bits per heavy atom. The van der Waals surface area contributed by atoms with Crippen molar-refractivity contribution < 1.29 is 9.47 Å². The highest BCUT2D eigenvalue weighted by Crippen LogP contribution is 2.29. The summed E-state index contributed by atoms with van der Waals surface area (Å²) in [5.41, 5.74) is 1.98. The van der Waals surface area contributed by atoms with Crippen LogP contribution in [-0.4, -0.2) is 30.2 Å². The molecule has 146 valence electrons. The van der Waals surface area contributed by atoms with Crippen LogP contribution >= 0.6 is 0 Å². The van der Waals surface area contributed by atoms with Crippen LogP contribution in [0.15, 0.2) is 67.2 Å². The van der Waals surface area contributed by atoms with E-state index in [0.29, 0.717) is 13.2 Å². The van der Waals surface area contributed by atoms with Crippen molar-refractivity contribution in [1.29, 1.82) is 0 Å². The molecule has 1 heterocycles. The molecule has 0 aliphatic carbocycles. The Morgan fingerprint density at radius 1 is 1.04 bits per heavy atom. The molecule has 0 saturated carbocycles. The van der Waals surface area contributed by atoms with Gasteiger partial charge >= 0.3 is 0 Å². The normalized spacial score (nSPS) is 10.6. The molecule has 0 radical (unpaired) electrons. The first-order valence-electron chi connectivity index (χ1n) is 9.66. The third kappa shape index (κ3) is 5.00. The van der Waals surface area contributed by atoms with E-state index in [4.69, 9.17) is 9.47 Å². The molecule has 0 saturated heterocycles. The Kier molecular flexibility index (Phi) is 6.84. The molecule has 0 N–H and O–H groups in total. The van der Waals surface area contributed by atoms with Gasteiger partial charge in [0, 0.05) is 24.5 Å². The SMILES string of the molecule is C=C(CCCCOc1ccc(N(C)c2ncnc3ccccc23)cc1)OCC. The number of rotatable bonds is 10. The Morgan fingerprint density at radius 2 is 1.82 bits per heavy atom. The number of hydrogen-bond donors (Lipinski definition) is 0. The topological polar surface area (TPSA) is 47.5 Å². The molecule has 2 aromatic carbocycles. The van der Waals surface area contributed by atoms with Gasteiger partial charge in [-0.15, -0.1) is 0 Å². The van der Waals surface area contributed by atoms with Crippen LogP contribution < -0.4 is 9.64 Å². The van der Waals surface area contributed by atoms with Crippen molar-refractivity contribution in [3.05, 3.63) is 67.2 Å². The lowest BCUT2D eigenvalue weighted by atomic mass is 10.2. The van der Waals surface area contributed by atoms with Gasteiger partial charge in [-0.1, -0.05) is 18.7 Å². The summed E-state index contributed by atoms with van der Waals surface area (Å²) < 4.78 is 11.2. The Hall–Kier alpha value is -3.08. The summed E-state index contributed by atoms with van der Waals surface area (Å²) in [5.74, 6) is 2.61. The number of unbranched alkanes of at least 4 members (excludes halogenated alkanes) is 1. The number of benzene rings is 2. The summed E-state index contributed by atoms with van der Waals surface area (Å²) in [4.78, 5) is 10.9. The molecule has 0 atom stereocenters.